The first kappa shape index (κ1) is 17.5. The van der Waals surface area contributed by atoms with E-state index in [4.69, 9.17) is 4.74 Å². The van der Waals surface area contributed by atoms with Crippen molar-refractivity contribution in [3.63, 3.8) is 0 Å². The number of benzene rings is 2. The zero-order valence-electron chi connectivity index (χ0n) is 14.7. The smallest absolute Gasteiger partial charge is 0.227 e. The highest BCUT2D eigenvalue weighted by atomic mass is 19.2. The molecular formula is C20H18F2N2O3. The molecule has 140 valence electrons. The minimum absolute atomic E-state index is 0.0221. The zero-order chi connectivity index (χ0) is 19.1. The van der Waals surface area contributed by atoms with E-state index >= 15 is 0 Å². The largest absolute Gasteiger partial charge is 0.496 e. The van der Waals surface area contributed by atoms with Gasteiger partial charge in [0.05, 0.1) is 7.11 Å². The highest BCUT2D eigenvalue weighted by molar-refractivity contribution is 5.99. The fraction of sp³-hybridized carbons (Fsp3) is 0.300. The van der Waals surface area contributed by atoms with Crippen LogP contribution in [-0.4, -0.2) is 25.5 Å². The third kappa shape index (κ3) is 2.93. The molecule has 0 radical (unpaired) electrons. The van der Waals surface area contributed by atoms with E-state index in [9.17, 15) is 18.4 Å². The number of hydrogen-bond acceptors (Lipinski definition) is 3. The van der Waals surface area contributed by atoms with Crippen molar-refractivity contribution in [3.05, 3.63) is 53.1 Å². The summed E-state index contributed by atoms with van der Waals surface area (Å²) in [6.07, 6.45) is 1.26. The highest BCUT2D eigenvalue weighted by Crippen LogP contribution is 2.43. The molecule has 7 heteroatoms. The number of carbonyl (C=O) groups is 2. The average Bonchev–Trinajstić information content (AvgIpc) is 3.08. The van der Waals surface area contributed by atoms with Gasteiger partial charge in [0.1, 0.15) is 5.75 Å². The van der Waals surface area contributed by atoms with Gasteiger partial charge in [-0.2, -0.15) is 0 Å². The minimum Gasteiger partial charge on any atom is -0.496 e. The Balaban J connectivity index is 1.82. The number of anilines is 2. The second-order valence-electron chi connectivity index (χ2n) is 6.70. The van der Waals surface area contributed by atoms with Crippen LogP contribution >= 0.6 is 0 Å². The SMILES string of the molecule is COc1ccc(F)c(F)c1C1CC(=O)Nc2cc(N3CCCC3=O)ccc21. The van der Waals surface area contributed by atoms with Gasteiger partial charge < -0.3 is 15.0 Å². The van der Waals surface area contributed by atoms with Crippen LogP contribution in [0.1, 0.15) is 36.3 Å². The first-order chi connectivity index (χ1) is 13.0. The number of nitrogens with one attached hydrogen (secondary N) is 1. The number of carbonyl (C=O) groups excluding carboxylic acids is 2. The molecule has 4 rings (SSSR count). The van der Waals surface area contributed by atoms with E-state index in [0.717, 1.165) is 12.5 Å². The van der Waals surface area contributed by atoms with Gasteiger partial charge in [-0.25, -0.2) is 8.78 Å². The molecule has 0 saturated carbocycles. The van der Waals surface area contributed by atoms with Crippen molar-refractivity contribution in [2.75, 3.05) is 23.9 Å². The normalized spacial score (nSPS) is 19.1. The molecule has 2 aromatic rings. The van der Waals surface area contributed by atoms with E-state index in [-0.39, 0.29) is 29.5 Å². The Hall–Kier alpha value is -2.96. The molecule has 27 heavy (non-hydrogen) atoms. The molecule has 0 aliphatic carbocycles. The molecule has 1 saturated heterocycles. The Morgan fingerprint density at radius 3 is 2.70 bits per heavy atom. The molecule has 2 heterocycles. The summed E-state index contributed by atoms with van der Waals surface area (Å²) in [5.41, 5.74) is 1.87. The van der Waals surface area contributed by atoms with Crippen molar-refractivity contribution < 1.29 is 23.1 Å². The minimum atomic E-state index is -1.02. The summed E-state index contributed by atoms with van der Waals surface area (Å²) in [5, 5.41) is 2.78. The molecule has 0 bridgehead atoms. The standard InChI is InChI=1S/C20H18F2N2O3/c1-27-16-7-6-14(21)20(22)19(16)13-10-17(25)23-15-9-11(4-5-12(13)15)24-8-2-3-18(24)26/h4-7,9,13H,2-3,8,10H2,1H3,(H,23,25). The number of amides is 2. The summed E-state index contributed by atoms with van der Waals surface area (Å²) < 4.78 is 33.7. The second-order valence-corrected chi connectivity index (χ2v) is 6.70. The van der Waals surface area contributed by atoms with E-state index in [1.807, 2.05) is 0 Å². The first-order valence-corrected chi connectivity index (χ1v) is 8.75. The lowest BCUT2D eigenvalue weighted by atomic mass is 9.83. The number of hydrogen-bond donors (Lipinski definition) is 1. The molecule has 1 atom stereocenters. The van der Waals surface area contributed by atoms with Crippen molar-refractivity contribution in [2.24, 2.45) is 0 Å². The Morgan fingerprint density at radius 2 is 2.00 bits per heavy atom. The Morgan fingerprint density at radius 1 is 1.19 bits per heavy atom. The molecule has 2 aliphatic heterocycles. The summed E-state index contributed by atoms with van der Waals surface area (Å²) >= 11 is 0. The van der Waals surface area contributed by atoms with E-state index in [2.05, 4.69) is 5.32 Å². The molecule has 1 fully saturated rings. The van der Waals surface area contributed by atoms with Gasteiger partial charge in [-0.15, -0.1) is 0 Å². The summed E-state index contributed by atoms with van der Waals surface area (Å²) in [5.74, 6) is -2.76. The monoisotopic (exact) mass is 372 g/mol. The van der Waals surface area contributed by atoms with Gasteiger partial charge in [-0.1, -0.05) is 6.07 Å². The van der Waals surface area contributed by atoms with Gasteiger partial charge in [0, 0.05) is 42.2 Å². The van der Waals surface area contributed by atoms with Gasteiger partial charge in [-0.05, 0) is 36.2 Å². The third-order valence-corrected chi connectivity index (χ3v) is 5.12. The topological polar surface area (TPSA) is 58.6 Å². The number of ether oxygens (including phenoxy) is 1. The van der Waals surface area contributed by atoms with Crippen LogP contribution in [0.3, 0.4) is 0 Å². The Kier molecular flexibility index (Phi) is 4.30. The molecule has 0 aromatic heterocycles. The Bertz CT molecular complexity index is 945. The molecule has 2 amide bonds. The van der Waals surface area contributed by atoms with Crippen LogP contribution in [0.4, 0.5) is 20.2 Å². The Labute approximate surface area is 154 Å². The number of nitrogens with zero attached hydrogens (tertiary/aromatic N) is 1. The van der Waals surface area contributed by atoms with Crippen molar-refractivity contribution >= 4 is 23.2 Å². The van der Waals surface area contributed by atoms with Crippen molar-refractivity contribution in [3.8, 4) is 5.75 Å². The predicted octanol–water partition coefficient (Wildman–Crippen LogP) is 3.57. The highest BCUT2D eigenvalue weighted by Gasteiger charge is 2.33. The summed E-state index contributed by atoms with van der Waals surface area (Å²) in [7, 11) is 1.38. The molecular weight excluding hydrogens is 354 g/mol. The fourth-order valence-corrected chi connectivity index (χ4v) is 3.85. The predicted molar refractivity (Wildman–Crippen MR) is 96.0 cm³/mol. The van der Waals surface area contributed by atoms with Crippen molar-refractivity contribution in [1.29, 1.82) is 0 Å². The van der Waals surface area contributed by atoms with Gasteiger partial charge in [0.2, 0.25) is 11.8 Å². The number of fused-ring (bicyclic) bond motifs is 1. The van der Waals surface area contributed by atoms with Crippen LogP contribution in [0.15, 0.2) is 30.3 Å². The van der Waals surface area contributed by atoms with Gasteiger partial charge >= 0.3 is 0 Å². The van der Waals surface area contributed by atoms with Crippen LogP contribution in [0, 0.1) is 11.6 Å². The number of rotatable bonds is 3. The fourth-order valence-electron chi connectivity index (χ4n) is 3.85. The molecule has 2 aliphatic rings. The lowest BCUT2D eigenvalue weighted by Gasteiger charge is -2.29. The first-order valence-electron chi connectivity index (χ1n) is 8.75. The molecule has 0 spiro atoms. The van der Waals surface area contributed by atoms with E-state index in [0.29, 0.717) is 29.9 Å². The van der Waals surface area contributed by atoms with Crippen LogP contribution in [0.25, 0.3) is 0 Å². The van der Waals surface area contributed by atoms with Crippen LogP contribution < -0.4 is 15.0 Å². The zero-order valence-corrected chi connectivity index (χ0v) is 14.7. The van der Waals surface area contributed by atoms with Gasteiger partial charge in [-0.3, -0.25) is 9.59 Å². The van der Waals surface area contributed by atoms with E-state index < -0.39 is 17.6 Å². The van der Waals surface area contributed by atoms with E-state index in [1.165, 1.54) is 13.2 Å². The molecule has 2 aromatic carbocycles. The maximum atomic E-state index is 14.6. The lowest BCUT2D eigenvalue weighted by Crippen LogP contribution is -2.27. The summed E-state index contributed by atoms with van der Waals surface area (Å²) in [6, 6.07) is 7.60. The summed E-state index contributed by atoms with van der Waals surface area (Å²) in [4.78, 5) is 25.9. The third-order valence-electron chi connectivity index (χ3n) is 5.12. The maximum Gasteiger partial charge on any atom is 0.227 e. The van der Waals surface area contributed by atoms with E-state index in [1.54, 1.807) is 23.1 Å². The maximum absolute atomic E-state index is 14.6. The molecule has 5 nitrogen and oxygen atoms in total. The molecule has 1 unspecified atom stereocenters. The van der Waals surface area contributed by atoms with Gasteiger partial charge in [0.15, 0.2) is 11.6 Å². The van der Waals surface area contributed by atoms with Crippen molar-refractivity contribution in [1.82, 2.24) is 0 Å². The van der Waals surface area contributed by atoms with Crippen LogP contribution in [0.2, 0.25) is 0 Å². The lowest BCUT2D eigenvalue weighted by molar-refractivity contribution is -0.117. The summed E-state index contributed by atoms with van der Waals surface area (Å²) in [6.45, 7) is 0.626. The van der Waals surface area contributed by atoms with Crippen LogP contribution in [0.5, 0.6) is 5.75 Å². The van der Waals surface area contributed by atoms with Crippen molar-refractivity contribution in [2.45, 2.75) is 25.2 Å². The van der Waals surface area contributed by atoms with Crippen LogP contribution in [-0.2, 0) is 9.59 Å². The average molecular weight is 372 g/mol. The second kappa shape index (κ2) is 6.64. The number of halogens is 2. The van der Waals surface area contributed by atoms with Gasteiger partial charge in [0.25, 0.3) is 0 Å². The number of methoxy groups -OCH3 is 1. The quantitative estimate of drug-likeness (QED) is 0.896. The molecule has 1 N–H and O–H groups in total.